The van der Waals surface area contributed by atoms with Crippen LogP contribution in [0.3, 0.4) is 0 Å². The minimum Gasteiger partial charge on any atom is -0.481 e. The average molecular weight is 327 g/mol. The predicted octanol–water partition coefficient (Wildman–Crippen LogP) is 3.14. The minimum atomic E-state index is -0.850. The van der Waals surface area contributed by atoms with Crippen molar-refractivity contribution >= 4 is 23.3 Å². The van der Waals surface area contributed by atoms with Crippen LogP contribution in [-0.4, -0.2) is 40.6 Å². The van der Waals surface area contributed by atoms with Crippen molar-refractivity contribution in [2.24, 2.45) is 0 Å². The molecule has 0 saturated heterocycles. The molecule has 1 atom stereocenters. The van der Waals surface area contributed by atoms with Gasteiger partial charge in [0.05, 0.1) is 16.7 Å². The van der Waals surface area contributed by atoms with E-state index in [1.165, 1.54) is 0 Å². The summed E-state index contributed by atoms with van der Waals surface area (Å²) in [7, 11) is 1.74. The third kappa shape index (κ3) is 4.98. The molecule has 1 heterocycles. The number of aliphatic carboxylic acids is 1. The second-order valence-corrected chi connectivity index (χ2v) is 6.73. The number of hydrogen-bond donors (Lipinski definition) is 2. The number of carbonyl (C=O) groups is 2. The Morgan fingerprint density at radius 2 is 2.00 bits per heavy atom. The molecule has 124 valence electrons. The molecule has 0 aliphatic heterocycles. The molecule has 22 heavy (non-hydrogen) atoms. The molecule has 0 aliphatic rings. The third-order valence-corrected chi connectivity index (χ3v) is 5.10. The van der Waals surface area contributed by atoms with Gasteiger partial charge >= 0.3 is 12.0 Å². The number of aryl methyl sites for hydroxylation is 1. The first-order valence-corrected chi connectivity index (χ1v) is 8.25. The van der Waals surface area contributed by atoms with Crippen molar-refractivity contribution in [3.05, 3.63) is 15.6 Å². The maximum absolute atomic E-state index is 12.1. The summed E-state index contributed by atoms with van der Waals surface area (Å²) in [6.45, 7) is 8.51. The quantitative estimate of drug-likeness (QED) is 0.754. The highest BCUT2D eigenvalue weighted by Crippen LogP contribution is 2.31. The topological polar surface area (TPSA) is 82.5 Å². The van der Waals surface area contributed by atoms with Crippen LogP contribution in [0, 0.1) is 6.92 Å². The summed E-state index contributed by atoms with van der Waals surface area (Å²) in [6, 6.07) is -0.263. The van der Waals surface area contributed by atoms with Gasteiger partial charge in [-0.05, 0) is 20.3 Å². The molecule has 0 spiro atoms. The number of carboxylic acids is 1. The van der Waals surface area contributed by atoms with Crippen molar-refractivity contribution in [3.8, 4) is 0 Å². The lowest BCUT2D eigenvalue weighted by atomic mass is 10.2. The number of urea groups is 1. The van der Waals surface area contributed by atoms with E-state index in [1.54, 1.807) is 23.3 Å². The molecular formula is C15H25N3O3S. The van der Waals surface area contributed by atoms with Gasteiger partial charge in [0.2, 0.25) is 0 Å². The van der Waals surface area contributed by atoms with Crippen LogP contribution >= 0.6 is 11.3 Å². The van der Waals surface area contributed by atoms with Crippen molar-refractivity contribution in [1.29, 1.82) is 0 Å². The zero-order valence-electron chi connectivity index (χ0n) is 13.8. The highest BCUT2D eigenvalue weighted by Gasteiger charge is 2.22. The SMILES string of the molecule is Cc1nc(C(C)C)sc1C(C)N(C)C(=O)NCCCC(=O)O. The Kier molecular flexibility index (Phi) is 6.80. The van der Waals surface area contributed by atoms with E-state index in [1.807, 2.05) is 13.8 Å². The Morgan fingerprint density at radius 1 is 1.36 bits per heavy atom. The van der Waals surface area contributed by atoms with Crippen molar-refractivity contribution < 1.29 is 14.7 Å². The van der Waals surface area contributed by atoms with Gasteiger partial charge in [-0.15, -0.1) is 11.3 Å². The van der Waals surface area contributed by atoms with E-state index in [0.717, 1.165) is 15.6 Å². The fraction of sp³-hybridized carbons (Fsp3) is 0.667. The molecule has 1 aromatic heterocycles. The smallest absolute Gasteiger partial charge is 0.317 e. The van der Waals surface area contributed by atoms with E-state index in [0.29, 0.717) is 18.9 Å². The second-order valence-electron chi connectivity index (χ2n) is 5.67. The standard InChI is InChI=1S/C15H25N3O3S/c1-9(2)14-17-10(3)13(22-14)11(4)18(5)15(21)16-8-6-7-12(19)20/h9,11H,6-8H2,1-5H3,(H,16,21)(H,19,20). The van der Waals surface area contributed by atoms with E-state index in [2.05, 4.69) is 24.1 Å². The Hall–Kier alpha value is -1.63. The molecule has 0 bridgehead atoms. The number of carbonyl (C=O) groups excluding carboxylic acids is 1. The van der Waals surface area contributed by atoms with E-state index >= 15 is 0 Å². The van der Waals surface area contributed by atoms with Gasteiger partial charge in [-0.1, -0.05) is 13.8 Å². The fourth-order valence-electron chi connectivity index (χ4n) is 1.98. The lowest BCUT2D eigenvalue weighted by molar-refractivity contribution is -0.137. The molecular weight excluding hydrogens is 302 g/mol. The largest absolute Gasteiger partial charge is 0.481 e. The average Bonchev–Trinajstić information content (AvgIpc) is 2.83. The Bertz CT molecular complexity index is 528. The zero-order valence-corrected chi connectivity index (χ0v) is 14.7. The van der Waals surface area contributed by atoms with Crippen LogP contribution in [0.2, 0.25) is 0 Å². The van der Waals surface area contributed by atoms with Crippen LogP contribution in [0.15, 0.2) is 0 Å². The molecule has 1 unspecified atom stereocenters. The Morgan fingerprint density at radius 3 is 2.50 bits per heavy atom. The summed E-state index contributed by atoms with van der Waals surface area (Å²) in [5.41, 5.74) is 0.965. The van der Waals surface area contributed by atoms with Gasteiger partial charge in [0.15, 0.2) is 0 Å². The molecule has 0 saturated carbocycles. The third-order valence-electron chi connectivity index (χ3n) is 3.47. The predicted molar refractivity (Wildman–Crippen MR) is 87.4 cm³/mol. The normalized spacial score (nSPS) is 12.3. The number of thiazole rings is 1. The van der Waals surface area contributed by atoms with Crippen LogP contribution < -0.4 is 5.32 Å². The lowest BCUT2D eigenvalue weighted by Crippen LogP contribution is -2.39. The summed E-state index contributed by atoms with van der Waals surface area (Å²) < 4.78 is 0. The number of hydrogen-bond acceptors (Lipinski definition) is 4. The molecule has 0 aromatic carbocycles. The number of nitrogens with one attached hydrogen (secondary N) is 1. The molecule has 6 nitrogen and oxygen atoms in total. The molecule has 2 N–H and O–H groups in total. The monoisotopic (exact) mass is 327 g/mol. The molecule has 0 radical (unpaired) electrons. The lowest BCUT2D eigenvalue weighted by Gasteiger charge is -2.24. The molecule has 2 amide bonds. The highest BCUT2D eigenvalue weighted by atomic mass is 32.1. The Balaban J connectivity index is 2.62. The number of amides is 2. The van der Waals surface area contributed by atoms with Crippen molar-refractivity contribution in [1.82, 2.24) is 15.2 Å². The minimum absolute atomic E-state index is 0.0608. The number of rotatable bonds is 7. The van der Waals surface area contributed by atoms with E-state index in [4.69, 9.17) is 5.11 Å². The number of aromatic nitrogens is 1. The summed E-state index contributed by atoms with van der Waals surface area (Å²) in [4.78, 5) is 29.8. The maximum Gasteiger partial charge on any atom is 0.317 e. The summed E-state index contributed by atoms with van der Waals surface area (Å²) in [5.74, 6) is -0.475. The first kappa shape index (κ1) is 18.4. The van der Waals surface area contributed by atoms with Gasteiger partial charge in [-0.2, -0.15) is 0 Å². The van der Waals surface area contributed by atoms with Crippen LogP contribution in [0.5, 0.6) is 0 Å². The highest BCUT2D eigenvalue weighted by molar-refractivity contribution is 7.11. The first-order chi connectivity index (χ1) is 10.2. The van der Waals surface area contributed by atoms with Gasteiger partial charge in [0.25, 0.3) is 0 Å². The zero-order chi connectivity index (χ0) is 16.9. The van der Waals surface area contributed by atoms with E-state index < -0.39 is 5.97 Å². The Labute approximate surface area is 135 Å². The number of nitrogens with zero attached hydrogens (tertiary/aromatic N) is 2. The van der Waals surface area contributed by atoms with Crippen LogP contribution in [0.25, 0.3) is 0 Å². The fourth-order valence-corrected chi connectivity index (χ4v) is 3.14. The van der Waals surface area contributed by atoms with Gasteiger partial charge < -0.3 is 15.3 Å². The van der Waals surface area contributed by atoms with Gasteiger partial charge in [0.1, 0.15) is 0 Å². The van der Waals surface area contributed by atoms with Crippen molar-refractivity contribution in [3.63, 3.8) is 0 Å². The first-order valence-electron chi connectivity index (χ1n) is 7.43. The van der Waals surface area contributed by atoms with Crippen molar-refractivity contribution in [2.45, 2.75) is 52.5 Å². The van der Waals surface area contributed by atoms with Gasteiger partial charge in [-0.3, -0.25) is 4.79 Å². The van der Waals surface area contributed by atoms with Crippen molar-refractivity contribution in [2.75, 3.05) is 13.6 Å². The van der Waals surface area contributed by atoms with E-state index in [-0.39, 0.29) is 18.5 Å². The molecule has 1 rings (SSSR count). The molecule has 7 heteroatoms. The summed E-state index contributed by atoms with van der Waals surface area (Å²) in [6.07, 6.45) is 0.492. The molecule has 0 aliphatic carbocycles. The summed E-state index contributed by atoms with van der Waals surface area (Å²) >= 11 is 1.64. The number of carboxylic acid groups (broad SMARTS) is 1. The maximum atomic E-state index is 12.1. The molecule has 1 aromatic rings. The van der Waals surface area contributed by atoms with Crippen LogP contribution in [0.1, 0.15) is 61.2 Å². The van der Waals surface area contributed by atoms with Crippen LogP contribution in [0.4, 0.5) is 4.79 Å². The second kappa shape index (κ2) is 8.12. The molecule has 0 fully saturated rings. The van der Waals surface area contributed by atoms with Crippen LogP contribution in [-0.2, 0) is 4.79 Å². The summed E-state index contributed by atoms with van der Waals surface area (Å²) in [5, 5.41) is 12.4. The van der Waals surface area contributed by atoms with Gasteiger partial charge in [0, 0.05) is 30.8 Å². The van der Waals surface area contributed by atoms with E-state index in [9.17, 15) is 9.59 Å². The van der Waals surface area contributed by atoms with Gasteiger partial charge in [-0.25, -0.2) is 9.78 Å².